The minimum Gasteiger partial charge on any atom is -0.492 e. The summed E-state index contributed by atoms with van der Waals surface area (Å²) in [5, 5.41) is 2.63. The number of benzene rings is 1. The van der Waals surface area contributed by atoms with E-state index in [-0.39, 0.29) is 10.8 Å². The van der Waals surface area contributed by atoms with Crippen LogP contribution in [0, 0.1) is 0 Å². The standard InChI is InChI=1S/C16H25N3O4S/c1-4-18-8-10-19(11-9-18)24(21,22)14-6-7-16(23-5-2)15(12-14)17-13(3)20/h6-7,12H,4-5,8-11H2,1-3H3,(H,17,20). The summed E-state index contributed by atoms with van der Waals surface area (Å²) in [6.45, 7) is 9.02. The Kier molecular flexibility index (Phi) is 6.20. The van der Waals surface area contributed by atoms with E-state index >= 15 is 0 Å². The lowest BCUT2D eigenvalue weighted by Gasteiger charge is -2.33. The zero-order valence-electron chi connectivity index (χ0n) is 14.4. The van der Waals surface area contributed by atoms with Gasteiger partial charge < -0.3 is 15.0 Å². The Morgan fingerprint density at radius 3 is 2.42 bits per heavy atom. The van der Waals surface area contributed by atoms with Crippen LogP contribution in [0.3, 0.4) is 0 Å². The van der Waals surface area contributed by atoms with Crippen LogP contribution >= 0.6 is 0 Å². The molecule has 1 N–H and O–H groups in total. The smallest absolute Gasteiger partial charge is 0.243 e. The van der Waals surface area contributed by atoms with Crippen molar-refractivity contribution in [3.05, 3.63) is 18.2 Å². The summed E-state index contributed by atoms with van der Waals surface area (Å²) < 4.78 is 32.6. The molecule has 0 radical (unpaired) electrons. The lowest BCUT2D eigenvalue weighted by atomic mass is 10.3. The highest BCUT2D eigenvalue weighted by molar-refractivity contribution is 7.89. The Morgan fingerprint density at radius 1 is 1.21 bits per heavy atom. The number of hydrogen-bond acceptors (Lipinski definition) is 5. The summed E-state index contributed by atoms with van der Waals surface area (Å²) in [5.74, 6) is 0.185. The summed E-state index contributed by atoms with van der Waals surface area (Å²) in [6.07, 6.45) is 0. The molecule has 0 bridgehead atoms. The fourth-order valence-corrected chi connectivity index (χ4v) is 4.12. The molecule has 1 aliphatic rings. The molecule has 8 heteroatoms. The normalized spacial score (nSPS) is 16.8. The number of likely N-dealkylation sites (N-methyl/N-ethyl adjacent to an activating group) is 1. The first-order valence-corrected chi connectivity index (χ1v) is 9.59. The molecule has 0 atom stereocenters. The van der Waals surface area contributed by atoms with Gasteiger partial charge in [0.2, 0.25) is 15.9 Å². The number of sulfonamides is 1. The second-order valence-corrected chi connectivity index (χ2v) is 7.55. The number of hydrogen-bond donors (Lipinski definition) is 1. The van der Waals surface area contributed by atoms with Crippen LogP contribution < -0.4 is 10.1 Å². The molecular formula is C16H25N3O4S. The van der Waals surface area contributed by atoms with Gasteiger partial charge in [-0.1, -0.05) is 6.92 Å². The predicted molar refractivity (Wildman–Crippen MR) is 92.8 cm³/mol. The van der Waals surface area contributed by atoms with Crippen LogP contribution in [0.5, 0.6) is 5.75 Å². The van der Waals surface area contributed by atoms with Gasteiger partial charge in [0, 0.05) is 33.1 Å². The van der Waals surface area contributed by atoms with Crippen molar-refractivity contribution < 1.29 is 17.9 Å². The zero-order chi connectivity index (χ0) is 17.7. The molecule has 1 fully saturated rings. The topological polar surface area (TPSA) is 79.0 Å². The Hall–Kier alpha value is -1.64. The van der Waals surface area contributed by atoms with Gasteiger partial charge in [0.25, 0.3) is 0 Å². The van der Waals surface area contributed by atoms with Crippen molar-refractivity contribution in [2.45, 2.75) is 25.7 Å². The third-order valence-corrected chi connectivity index (χ3v) is 5.87. The van der Waals surface area contributed by atoms with Crippen molar-refractivity contribution in [3.8, 4) is 5.75 Å². The molecule has 0 saturated carbocycles. The highest BCUT2D eigenvalue weighted by Crippen LogP contribution is 2.29. The van der Waals surface area contributed by atoms with Crippen molar-refractivity contribution >= 4 is 21.6 Å². The molecule has 0 aromatic heterocycles. The fraction of sp³-hybridized carbons (Fsp3) is 0.562. The Bertz CT molecular complexity index is 683. The summed E-state index contributed by atoms with van der Waals surface area (Å²) in [5.41, 5.74) is 0.373. The van der Waals surface area contributed by atoms with Gasteiger partial charge in [-0.05, 0) is 31.7 Å². The monoisotopic (exact) mass is 355 g/mol. The SMILES string of the molecule is CCOc1ccc(S(=O)(=O)N2CCN(CC)CC2)cc1NC(C)=O. The molecule has 1 aliphatic heterocycles. The molecule has 1 aromatic carbocycles. The van der Waals surface area contributed by atoms with E-state index in [2.05, 4.69) is 17.1 Å². The van der Waals surface area contributed by atoms with Crippen molar-refractivity contribution in [2.75, 3.05) is 44.6 Å². The van der Waals surface area contributed by atoms with Gasteiger partial charge in [-0.2, -0.15) is 4.31 Å². The number of carbonyl (C=O) groups is 1. The molecular weight excluding hydrogens is 330 g/mol. The molecule has 0 aliphatic carbocycles. The van der Waals surface area contributed by atoms with Crippen LogP contribution in [0.4, 0.5) is 5.69 Å². The molecule has 1 amide bonds. The van der Waals surface area contributed by atoms with Gasteiger partial charge in [0.15, 0.2) is 0 Å². The average Bonchev–Trinajstić information content (AvgIpc) is 2.56. The fourth-order valence-electron chi connectivity index (χ4n) is 2.67. The number of piperazine rings is 1. The largest absolute Gasteiger partial charge is 0.492 e. The van der Waals surface area contributed by atoms with Gasteiger partial charge >= 0.3 is 0 Å². The maximum atomic E-state index is 12.8. The van der Waals surface area contributed by atoms with E-state index in [1.807, 2.05) is 6.92 Å². The lowest BCUT2D eigenvalue weighted by Crippen LogP contribution is -2.48. The van der Waals surface area contributed by atoms with Gasteiger partial charge in [-0.3, -0.25) is 4.79 Å². The van der Waals surface area contributed by atoms with E-state index in [9.17, 15) is 13.2 Å². The molecule has 0 spiro atoms. The van der Waals surface area contributed by atoms with Crippen LogP contribution in [0.2, 0.25) is 0 Å². The second-order valence-electron chi connectivity index (χ2n) is 5.61. The third-order valence-electron chi connectivity index (χ3n) is 3.98. The molecule has 2 rings (SSSR count). The van der Waals surface area contributed by atoms with Crippen molar-refractivity contribution in [1.29, 1.82) is 0 Å². The van der Waals surface area contributed by atoms with E-state index in [1.165, 1.54) is 23.4 Å². The number of ether oxygens (including phenoxy) is 1. The number of nitrogens with zero attached hydrogens (tertiary/aromatic N) is 2. The first-order chi connectivity index (χ1) is 11.4. The minimum atomic E-state index is -3.58. The summed E-state index contributed by atoms with van der Waals surface area (Å²) >= 11 is 0. The Labute approximate surface area is 143 Å². The molecule has 1 saturated heterocycles. The van der Waals surface area contributed by atoms with Gasteiger partial charge in [-0.25, -0.2) is 8.42 Å². The van der Waals surface area contributed by atoms with Gasteiger partial charge in [0.05, 0.1) is 17.2 Å². The molecule has 0 unspecified atom stereocenters. The van der Waals surface area contributed by atoms with E-state index in [4.69, 9.17) is 4.74 Å². The molecule has 134 valence electrons. The van der Waals surface area contributed by atoms with Crippen LogP contribution in [-0.2, 0) is 14.8 Å². The number of nitrogens with one attached hydrogen (secondary N) is 1. The Morgan fingerprint density at radius 2 is 1.88 bits per heavy atom. The first-order valence-electron chi connectivity index (χ1n) is 8.15. The summed E-state index contributed by atoms with van der Waals surface area (Å²) in [7, 11) is -3.58. The first kappa shape index (κ1) is 18.7. The average molecular weight is 355 g/mol. The molecule has 1 aromatic rings. The summed E-state index contributed by atoms with van der Waals surface area (Å²) in [6, 6.07) is 4.58. The second kappa shape index (κ2) is 7.96. The molecule has 1 heterocycles. The lowest BCUT2D eigenvalue weighted by molar-refractivity contribution is -0.114. The van der Waals surface area contributed by atoms with E-state index in [1.54, 1.807) is 6.07 Å². The van der Waals surface area contributed by atoms with Crippen LogP contribution in [0.1, 0.15) is 20.8 Å². The van der Waals surface area contributed by atoms with Crippen molar-refractivity contribution in [1.82, 2.24) is 9.21 Å². The predicted octanol–water partition coefficient (Wildman–Crippen LogP) is 1.37. The molecule has 24 heavy (non-hydrogen) atoms. The maximum Gasteiger partial charge on any atom is 0.243 e. The zero-order valence-corrected chi connectivity index (χ0v) is 15.2. The van der Waals surface area contributed by atoms with Crippen molar-refractivity contribution in [2.24, 2.45) is 0 Å². The van der Waals surface area contributed by atoms with Crippen LogP contribution in [0.15, 0.2) is 23.1 Å². The van der Waals surface area contributed by atoms with E-state index < -0.39 is 10.0 Å². The highest BCUT2D eigenvalue weighted by atomic mass is 32.2. The number of carbonyl (C=O) groups excluding carboxylic acids is 1. The molecule has 7 nitrogen and oxygen atoms in total. The number of anilines is 1. The summed E-state index contributed by atoms with van der Waals surface area (Å²) in [4.78, 5) is 13.8. The van der Waals surface area contributed by atoms with Crippen LogP contribution in [-0.4, -0.2) is 62.9 Å². The van der Waals surface area contributed by atoms with Crippen molar-refractivity contribution in [3.63, 3.8) is 0 Å². The minimum absolute atomic E-state index is 0.166. The number of rotatable bonds is 6. The van der Waals surface area contributed by atoms with E-state index in [0.717, 1.165) is 19.6 Å². The van der Waals surface area contributed by atoms with Gasteiger partial charge in [0.1, 0.15) is 5.75 Å². The Balaban J connectivity index is 2.28. The number of amides is 1. The van der Waals surface area contributed by atoms with E-state index in [0.29, 0.717) is 31.1 Å². The third kappa shape index (κ3) is 4.25. The quantitative estimate of drug-likeness (QED) is 0.834. The van der Waals surface area contributed by atoms with Gasteiger partial charge in [-0.15, -0.1) is 0 Å². The maximum absolute atomic E-state index is 12.8. The highest BCUT2D eigenvalue weighted by Gasteiger charge is 2.28. The van der Waals surface area contributed by atoms with Crippen LogP contribution in [0.25, 0.3) is 0 Å².